The Kier molecular flexibility index (Phi) is 4.42. The second-order valence-electron chi connectivity index (χ2n) is 5.90. The third-order valence-corrected chi connectivity index (χ3v) is 5.01. The maximum absolute atomic E-state index is 6.41. The van der Waals surface area contributed by atoms with Crippen molar-refractivity contribution in [1.29, 1.82) is 0 Å². The molecular weight excluding hydrogens is 373 g/mol. The van der Waals surface area contributed by atoms with Gasteiger partial charge in [0.2, 0.25) is 0 Å². The lowest BCUT2D eigenvalue weighted by molar-refractivity contribution is 0.397. The van der Waals surface area contributed by atoms with Gasteiger partial charge in [-0.1, -0.05) is 29.3 Å². The van der Waals surface area contributed by atoms with Gasteiger partial charge in [-0.25, -0.2) is 4.68 Å². The largest absolute Gasteiger partial charge is 0.496 e. The highest BCUT2D eigenvalue weighted by atomic mass is 35.5. The number of anilines is 1. The minimum absolute atomic E-state index is 0.576. The third kappa shape index (κ3) is 2.68. The first-order valence-corrected chi connectivity index (χ1v) is 8.92. The SMILES string of the molecule is COc1cccc(OC)c1-c1nn(-c2cc(Cl)ccc2Cl)c2c1CCN2. The van der Waals surface area contributed by atoms with Gasteiger partial charge in [-0.3, -0.25) is 0 Å². The van der Waals surface area contributed by atoms with E-state index in [1.165, 1.54) is 0 Å². The van der Waals surface area contributed by atoms with Gasteiger partial charge in [-0.05, 0) is 36.8 Å². The maximum Gasteiger partial charge on any atom is 0.133 e. The molecule has 0 spiro atoms. The van der Waals surface area contributed by atoms with Gasteiger partial charge in [-0.2, -0.15) is 5.10 Å². The van der Waals surface area contributed by atoms with E-state index in [-0.39, 0.29) is 0 Å². The molecule has 0 saturated heterocycles. The molecule has 1 aliphatic heterocycles. The zero-order valence-corrected chi connectivity index (χ0v) is 15.9. The molecule has 0 bridgehead atoms. The molecular formula is C19H17Cl2N3O2. The van der Waals surface area contributed by atoms with Crippen LogP contribution in [0.5, 0.6) is 11.5 Å². The zero-order valence-electron chi connectivity index (χ0n) is 14.3. The van der Waals surface area contributed by atoms with Gasteiger partial charge in [0, 0.05) is 17.1 Å². The summed E-state index contributed by atoms with van der Waals surface area (Å²) in [6.07, 6.45) is 0.851. The number of hydrogen-bond acceptors (Lipinski definition) is 4. The van der Waals surface area contributed by atoms with Crippen molar-refractivity contribution in [2.75, 3.05) is 26.1 Å². The van der Waals surface area contributed by atoms with Crippen molar-refractivity contribution in [2.45, 2.75) is 6.42 Å². The molecule has 1 aliphatic rings. The first-order valence-electron chi connectivity index (χ1n) is 8.16. The van der Waals surface area contributed by atoms with Crippen LogP contribution in [-0.2, 0) is 6.42 Å². The number of rotatable bonds is 4. The van der Waals surface area contributed by atoms with Gasteiger partial charge in [0.05, 0.1) is 30.5 Å². The summed E-state index contributed by atoms with van der Waals surface area (Å²) >= 11 is 12.6. The van der Waals surface area contributed by atoms with Crippen molar-refractivity contribution in [1.82, 2.24) is 9.78 Å². The summed E-state index contributed by atoms with van der Waals surface area (Å²) in [5, 5.41) is 9.41. The Bertz CT molecular complexity index is 963. The second-order valence-corrected chi connectivity index (χ2v) is 6.74. The molecule has 0 saturated carbocycles. The number of nitrogens with one attached hydrogen (secondary N) is 1. The molecule has 0 amide bonds. The standard InChI is InChI=1S/C19H17Cl2N3O2/c1-25-15-4-3-5-16(26-2)17(15)18-12-8-9-22-19(12)24(23-18)14-10-11(20)6-7-13(14)21/h3-7,10,22H,8-9H2,1-2H3. The summed E-state index contributed by atoms with van der Waals surface area (Å²) in [7, 11) is 3.28. The molecule has 0 aliphatic carbocycles. The minimum atomic E-state index is 0.576. The molecule has 4 rings (SSSR count). The Hall–Kier alpha value is -2.37. The molecule has 5 nitrogen and oxygen atoms in total. The van der Waals surface area contributed by atoms with Gasteiger partial charge >= 0.3 is 0 Å². The highest BCUT2D eigenvalue weighted by molar-refractivity contribution is 6.34. The van der Waals surface area contributed by atoms with Crippen LogP contribution in [0.2, 0.25) is 10.0 Å². The number of fused-ring (bicyclic) bond motifs is 1. The molecule has 3 aromatic rings. The zero-order chi connectivity index (χ0) is 18.3. The van der Waals surface area contributed by atoms with Crippen LogP contribution in [0, 0.1) is 0 Å². The van der Waals surface area contributed by atoms with Crippen molar-refractivity contribution in [2.24, 2.45) is 0 Å². The fraction of sp³-hybridized carbons (Fsp3) is 0.211. The third-order valence-electron chi connectivity index (χ3n) is 4.45. The number of ether oxygens (including phenoxy) is 2. The second kappa shape index (κ2) is 6.74. The highest BCUT2D eigenvalue weighted by Gasteiger charge is 2.28. The summed E-state index contributed by atoms with van der Waals surface area (Å²) < 4.78 is 12.9. The van der Waals surface area contributed by atoms with Crippen LogP contribution in [-0.4, -0.2) is 30.5 Å². The van der Waals surface area contributed by atoms with E-state index < -0.39 is 0 Å². The van der Waals surface area contributed by atoms with Crippen LogP contribution in [0.1, 0.15) is 5.56 Å². The molecule has 2 aromatic carbocycles. The van der Waals surface area contributed by atoms with Crippen LogP contribution in [0.4, 0.5) is 5.82 Å². The molecule has 0 unspecified atom stereocenters. The highest BCUT2D eigenvalue weighted by Crippen LogP contribution is 2.43. The van der Waals surface area contributed by atoms with Crippen LogP contribution < -0.4 is 14.8 Å². The van der Waals surface area contributed by atoms with Gasteiger partial charge in [-0.15, -0.1) is 0 Å². The van der Waals surface area contributed by atoms with E-state index in [4.69, 9.17) is 37.8 Å². The van der Waals surface area contributed by atoms with Crippen LogP contribution in [0.25, 0.3) is 16.9 Å². The monoisotopic (exact) mass is 389 g/mol. The number of nitrogens with zero attached hydrogens (tertiary/aromatic N) is 2. The van der Waals surface area contributed by atoms with Gasteiger partial charge < -0.3 is 14.8 Å². The molecule has 0 fully saturated rings. The Labute approximate surface area is 161 Å². The lowest BCUT2D eigenvalue weighted by atomic mass is 10.0. The predicted octanol–water partition coefficient (Wildman–Crippen LogP) is 4.83. The average molecular weight is 390 g/mol. The molecule has 26 heavy (non-hydrogen) atoms. The summed E-state index contributed by atoms with van der Waals surface area (Å²) in [5.74, 6) is 2.33. The van der Waals surface area contributed by atoms with E-state index in [9.17, 15) is 0 Å². The van der Waals surface area contributed by atoms with Gasteiger partial charge in [0.1, 0.15) is 23.0 Å². The Morgan fingerprint density at radius 2 is 1.81 bits per heavy atom. The Morgan fingerprint density at radius 1 is 1.08 bits per heavy atom. The normalized spacial score (nSPS) is 12.6. The minimum Gasteiger partial charge on any atom is -0.496 e. The van der Waals surface area contributed by atoms with E-state index in [0.29, 0.717) is 21.5 Å². The predicted molar refractivity (Wildman–Crippen MR) is 104 cm³/mol. The van der Waals surface area contributed by atoms with E-state index in [1.807, 2.05) is 18.2 Å². The fourth-order valence-corrected chi connectivity index (χ4v) is 3.65. The van der Waals surface area contributed by atoms with Crippen molar-refractivity contribution >= 4 is 29.0 Å². The number of methoxy groups -OCH3 is 2. The van der Waals surface area contributed by atoms with E-state index in [0.717, 1.165) is 41.3 Å². The number of benzene rings is 2. The average Bonchev–Trinajstić information content (AvgIpc) is 3.26. The molecule has 7 heteroatoms. The van der Waals surface area contributed by atoms with Crippen LogP contribution in [0.3, 0.4) is 0 Å². The lowest BCUT2D eigenvalue weighted by Crippen LogP contribution is -2.05. The van der Waals surface area contributed by atoms with Crippen LogP contribution in [0.15, 0.2) is 36.4 Å². The van der Waals surface area contributed by atoms with Gasteiger partial charge in [0.25, 0.3) is 0 Å². The van der Waals surface area contributed by atoms with Crippen molar-refractivity contribution in [3.8, 4) is 28.4 Å². The smallest absolute Gasteiger partial charge is 0.133 e. The van der Waals surface area contributed by atoms with Gasteiger partial charge in [0.15, 0.2) is 0 Å². The number of aromatic nitrogens is 2. The number of hydrogen-bond donors (Lipinski definition) is 1. The molecule has 2 heterocycles. The first-order chi connectivity index (χ1) is 12.6. The quantitative estimate of drug-likeness (QED) is 0.693. The van der Waals surface area contributed by atoms with E-state index in [1.54, 1.807) is 37.1 Å². The van der Waals surface area contributed by atoms with Crippen molar-refractivity contribution < 1.29 is 9.47 Å². The number of halogens is 2. The Balaban J connectivity index is 1.98. The summed E-state index contributed by atoms with van der Waals surface area (Å²) in [4.78, 5) is 0. The summed E-state index contributed by atoms with van der Waals surface area (Å²) in [6, 6.07) is 11.0. The molecule has 1 N–H and O–H groups in total. The van der Waals surface area contributed by atoms with E-state index in [2.05, 4.69) is 5.32 Å². The topological polar surface area (TPSA) is 48.3 Å². The summed E-state index contributed by atoms with van der Waals surface area (Å²) in [6.45, 7) is 0.829. The molecule has 0 radical (unpaired) electrons. The summed E-state index contributed by atoms with van der Waals surface area (Å²) in [5.41, 5.74) is 3.47. The fourth-order valence-electron chi connectivity index (χ4n) is 3.28. The first kappa shape index (κ1) is 17.1. The molecule has 0 atom stereocenters. The molecule has 1 aromatic heterocycles. The lowest BCUT2D eigenvalue weighted by Gasteiger charge is -2.12. The maximum atomic E-state index is 6.41. The van der Waals surface area contributed by atoms with E-state index >= 15 is 0 Å². The Morgan fingerprint density at radius 3 is 2.50 bits per heavy atom. The van der Waals surface area contributed by atoms with Crippen LogP contribution >= 0.6 is 23.2 Å². The van der Waals surface area contributed by atoms with Crippen molar-refractivity contribution in [3.63, 3.8) is 0 Å². The van der Waals surface area contributed by atoms with Crippen molar-refractivity contribution in [3.05, 3.63) is 52.0 Å². The molecule has 134 valence electrons.